The van der Waals surface area contributed by atoms with E-state index in [2.05, 4.69) is 20.9 Å². The van der Waals surface area contributed by atoms with E-state index in [1.165, 1.54) is 36.8 Å². The van der Waals surface area contributed by atoms with Gasteiger partial charge in [0.1, 0.15) is 0 Å². The first-order chi connectivity index (χ1) is 8.40. The Morgan fingerprint density at radius 2 is 1.68 bits per heavy atom. The fourth-order valence-electron chi connectivity index (χ4n) is 2.23. The molecule has 1 rings (SSSR count). The van der Waals surface area contributed by atoms with E-state index in [0.717, 1.165) is 10.2 Å². The van der Waals surface area contributed by atoms with Crippen molar-refractivity contribution in [2.45, 2.75) is 39.2 Å². The average molecular weight is 322 g/mol. The van der Waals surface area contributed by atoms with Crippen LogP contribution in [0.25, 0.3) is 4.13 Å². The van der Waals surface area contributed by atoms with Crippen LogP contribution >= 0.6 is 0 Å². The first-order valence-corrected chi connectivity index (χ1v) is 8.55. The monoisotopic (exact) mass is 322 g/mol. The van der Waals surface area contributed by atoms with Crippen molar-refractivity contribution in [2.75, 3.05) is 20.1 Å². The number of hydrogen-bond donors (Lipinski definition) is 0. The molecule has 1 saturated heterocycles. The van der Waals surface area contributed by atoms with Crippen molar-refractivity contribution in [1.29, 1.82) is 0 Å². The molecule has 0 radical (unpaired) electrons. The second-order valence-electron chi connectivity index (χ2n) is 4.82. The Hall–Kier alpha value is -0.320. The van der Waals surface area contributed by atoms with Crippen LogP contribution in [0.4, 0.5) is 7.77 Å². The van der Waals surface area contributed by atoms with Gasteiger partial charge in [-0.15, -0.1) is 7.77 Å². The first-order valence-electron chi connectivity index (χ1n) is 5.87. The molecule has 1 aliphatic heterocycles. The lowest BCUT2D eigenvalue weighted by atomic mass is 10.2. The number of quaternary nitrogens is 1. The molecule has 10 heteroatoms. The fourth-order valence-corrected chi connectivity index (χ4v) is 3.08. The van der Waals surface area contributed by atoms with Crippen LogP contribution in [0.2, 0.25) is 0 Å². The molecular weight excluding hydrogens is 302 g/mol. The lowest BCUT2D eigenvalue weighted by molar-refractivity contribution is -0.919. The number of halogens is 2. The normalized spacial score (nSPS) is 27.7. The third-order valence-corrected chi connectivity index (χ3v) is 4.69. The maximum absolute atomic E-state index is 11.1. The number of hydrogen-bond acceptors (Lipinski definition) is 4. The molecule has 0 N–H and O–H groups in total. The summed E-state index contributed by atoms with van der Waals surface area (Å²) in [6.07, 6.45) is 4.22. The summed E-state index contributed by atoms with van der Waals surface area (Å²) in [7, 11) is -8.84. The molecule has 0 bridgehead atoms. The molecule has 0 aromatic heterocycles. The van der Waals surface area contributed by atoms with E-state index in [4.69, 9.17) is 0 Å². The minimum Gasteiger partial charge on any atom is -0.379 e. The van der Waals surface area contributed by atoms with Crippen LogP contribution in [0.3, 0.4) is 0 Å². The average Bonchev–Trinajstić information content (AvgIpc) is 2.42. The van der Waals surface area contributed by atoms with Crippen molar-refractivity contribution < 1.29 is 29.1 Å². The van der Waals surface area contributed by atoms with Crippen LogP contribution < -0.4 is 0 Å². The van der Waals surface area contributed by atoms with E-state index in [-0.39, 0.29) is 0 Å². The van der Waals surface area contributed by atoms with Gasteiger partial charge in [0, 0.05) is 12.8 Å². The standard InChI is InChI=1S/C9H20N.F2NO4S2/c1-4-7-10(3)8-5-6-9(10)2;1-8(4,5)3-9(2,6)7/h9H,4-8H2,1-3H3;/q+1;-1. The number of nitrogens with zero attached hydrogens (tertiary/aromatic N) is 2. The summed E-state index contributed by atoms with van der Waals surface area (Å²) in [6, 6.07) is 0.917. The van der Waals surface area contributed by atoms with Gasteiger partial charge in [0.05, 0.1) is 26.2 Å². The Balaban J connectivity index is 0.000000344. The van der Waals surface area contributed by atoms with Gasteiger partial charge in [-0.2, -0.15) is 0 Å². The lowest BCUT2D eigenvalue weighted by Gasteiger charge is -2.34. The maximum atomic E-state index is 11.1. The van der Waals surface area contributed by atoms with Crippen LogP contribution in [0, 0.1) is 0 Å². The second kappa shape index (κ2) is 6.91. The Morgan fingerprint density at radius 3 is 1.89 bits per heavy atom. The van der Waals surface area contributed by atoms with Crippen LogP contribution in [0.15, 0.2) is 0 Å². The van der Waals surface area contributed by atoms with Gasteiger partial charge in [-0.05, 0) is 13.3 Å². The van der Waals surface area contributed by atoms with E-state index >= 15 is 0 Å². The fraction of sp³-hybridized carbons (Fsp3) is 1.00. The third kappa shape index (κ3) is 8.45. The minimum atomic E-state index is -5.62. The highest BCUT2D eigenvalue weighted by Crippen LogP contribution is 2.24. The molecule has 0 amide bonds. The molecule has 19 heavy (non-hydrogen) atoms. The van der Waals surface area contributed by atoms with Gasteiger partial charge >= 0.3 is 0 Å². The van der Waals surface area contributed by atoms with Crippen molar-refractivity contribution in [3.63, 3.8) is 0 Å². The zero-order valence-corrected chi connectivity index (χ0v) is 12.8. The van der Waals surface area contributed by atoms with E-state index in [1.54, 1.807) is 0 Å². The molecule has 0 aromatic carbocycles. The molecule has 0 aliphatic carbocycles. The molecule has 2 atom stereocenters. The Bertz CT molecular complexity index is 450. The summed E-state index contributed by atoms with van der Waals surface area (Å²) in [5.74, 6) is 0. The summed E-state index contributed by atoms with van der Waals surface area (Å²) in [5, 5.41) is 0. The molecule has 0 spiro atoms. The third-order valence-electron chi connectivity index (χ3n) is 3.27. The zero-order valence-electron chi connectivity index (χ0n) is 11.2. The first kappa shape index (κ1) is 18.7. The molecule has 1 fully saturated rings. The van der Waals surface area contributed by atoms with Gasteiger partial charge in [-0.3, -0.25) is 0 Å². The summed E-state index contributed by atoms with van der Waals surface area (Å²) >= 11 is 0. The Morgan fingerprint density at radius 1 is 1.21 bits per heavy atom. The highest BCUT2D eigenvalue weighted by atomic mass is 32.3. The molecule has 1 heterocycles. The van der Waals surface area contributed by atoms with Crippen molar-refractivity contribution in [2.24, 2.45) is 0 Å². The highest BCUT2D eigenvalue weighted by molar-refractivity contribution is 8.07. The molecule has 0 saturated carbocycles. The van der Waals surface area contributed by atoms with Gasteiger partial charge < -0.3 is 8.61 Å². The quantitative estimate of drug-likeness (QED) is 0.584. The van der Waals surface area contributed by atoms with E-state index in [9.17, 15) is 24.6 Å². The molecule has 116 valence electrons. The van der Waals surface area contributed by atoms with Crippen molar-refractivity contribution in [3.8, 4) is 0 Å². The number of rotatable bonds is 4. The highest BCUT2D eigenvalue weighted by Gasteiger charge is 2.33. The molecular formula is C9H20F2N2O4S2. The summed E-state index contributed by atoms with van der Waals surface area (Å²) < 4.78 is 61.4. The summed E-state index contributed by atoms with van der Waals surface area (Å²) in [6.45, 7) is 7.47. The van der Waals surface area contributed by atoms with Crippen LogP contribution in [-0.4, -0.2) is 47.5 Å². The second-order valence-corrected chi connectivity index (χ2v) is 7.06. The van der Waals surface area contributed by atoms with E-state index in [1.807, 2.05) is 0 Å². The SMILES string of the molecule is CCC[N+]1(C)CCCC1C.O=S(=O)(F)[N-]S(=O)(=O)F. The predicted octanol–water partition coefficient (Wildman–Crippen LogP) is 1.81. The molecule has 6 nitrogen and oxygen atoms in total. The molecule has 1 aliphatic rings. The van der Waals surface area contributed by atoms with Crippen LogP contribution in [-0.2, 0) is 20.8 Å². The van der Waals surface area contributed by atoms with Gasteiger partial charge in [0.2, 0.25) is 20.8 Å². The minimum absolute atomic E-state index is 0.917. The Kier molecular flexibility index (Phi) is 6.79. The molecule has 2 unspecified atom stereocenters. The summed E-state index contributed by atoms with van der Waals surface area (Å²) in [4.78, 5) is 0. The largest absolute Gasteiger partial charge is 0.379 e. The van der Waals surface area contributed by atoms with Crippen LogP contribution in [0.5, 0.6) is 0 Å². The topological polar surface area (TPSA) is 82.4 Å². The smallest absolute Gasteiger partial charge is 0.241 e. The lowest BCUT2D eigenvalue weighted by Crippen LogP contribution is -2.46. The zero-order chi connectivity index (χ0) is 15.3. The van der Waals surface area contributed by atoms with Crippen molar-refractivity contribution in [1.82, 2.24) is 0 Å². The number of likely N-dealkylation sites (tertiary alicyclic amines) is 1. The van der Waals surface area contributed by atoms with Gasteiger partial charge in [-0.25, -0.2) is 16.8 Å². The van der Waals surface area contributed by atoms with Crippen LogP contribution in [0.1, 0.15) is 33.1 Å². The maximum Gasteiger partial charge on any atom is 0.241 e. The molecule has 0 aromatic rings. The van der Waals surface area contributed by atoms with Crippen molar-refractivity contribution in [3.05, 3.63) is 4.13 Å². The predicted molar refractivity (Wildman–Crippen MR) is 68.3 cm³/mol. The van der Waals surface area contributed by atoms with Gasteiger partial charge in [-0.1, -0.05) is 6.92 Å². The van der Waals surface area contributed by atoms with Crippen molar-refractivity contribution >= 4 is 20.8 Å². The van der Waals surface area contributed by atoms with E-state index < -0.39 is 20.8 Å². The van der Waals surface area contributed by atoms with Gasteiger partial charge in [0.25, 0.3) is 0 Å². The Labute approximate surface area is 114 Å². The van der Waals surface area contributed by atoms with E-state index in [0.29, 0.717) is 0 Å². The van der Waals surface area contributed by atoms with Gasteiger partial charge in [0.15, 0.2) is 0 Å². The summed E-state index contributed by atoms with van der Waals surface area (Å²) in [5.41, 5.74) is 0.